The molecule has 0 aliphatic carbocycles. The van der Waals surface area contributed by atoms with Crippen molar-refractivity contribution in [2.24, 2.45) is 0 Å². The molecule has 0 bridgehead atoms. The molecular weight excluding hydrogens is 649 g/mol. The summed E-state index contributed by atoms with van der Waals surface area (Å²) < 4.78 is 97.6. The molecule has 4 aromatic carbocycles. The number of rotatable bonds is 8. The van der Waals surface area contributed by atoms with Crippen LogP contribution in [0.5, 0.6) is 11.5 Å². The van der Waals surface area contributed by atoms with Gasteiger partial charge in [0.25, 0.3) is 11.8 Å². The molecule has 4 rings (SSSR count). The quantitative estimate of drug-likeness (QED) is 0.184. The molecule has 0 spiro atoms. The lowest BCUT2D eigenvalue weighted by Gasteiger charge is -2.38. The maximum absolute atomic E-state index is 14.6. The van der Waals surface area contributed by atoms with Crippen LogP contribution < -0.4 is 20.1 Å². The van der Waals surface area contributed by atoms with Crippen LogP contribution in [0.1, 0.15) is 31.8 Å². The molecule has 0 fully saturated rings. The lowest BCUT2D eigenvalue weighted by molar-refractivity contribution is -0.288. The van der Waals surface area contributed by atoms with Gasteiger partial charge in [-0.3, -0.25) is 9.59 Å². The van der Waals surface area contributed by atoms with E-state index in [-0.39, 0.29) is 32.5 Å². The standard InChI is InChI=1S/C31H22Cl2F6N2O4/c1-44-25-13-3-17(15-23(25)32)27(42)40-21-9-5-19(6-10-21)29(30(34,35)36,31(37,38)39)20-7-11-22(12-8-20)41-28(43)18-4-14-26(45-2)24(33)16-18/h3-16H,1-2H3,(H,40,42)(H,41,43). The molecule has 0 saturated carbocycles. The Morgan fingerprint density at radius 1 is 0.578 bits per heavy atom. The van der Waals surface area contributed by atoms with Crippen LogP contribution in [-0.4, -0.2) is 38.4 Å². The van der Waals surface area contributed by atoms with Crippen molar-refractivity contribution in [3.05, 3.63) is 117 Å². The zero-order valence-corrected chi connectivity index (χ0v) is 24.8. The molecule has 2 N–H and O–H groups in total. The maximum Gasteiger partial charge on any atom is 0.411 e. The Hall–Kier alpha value is -4.42. The number of hydrogen-bond acceptors (Lipinski definition) is 4. The SMILES string of the molecule is COc1ccc(C(=O)Nc2ccc(C(c3ccc(NC(=O)c4ccc(OC)c(Cl)c4)cc3)(C(F)(F)F)C(F)(F)F)cc2)cc1Cl. The van der Waals surface area contributed by atoms with Gasteiger partial charge in [-0.05, 0) is 71.8 Å². The predicted octanol–water partition coefficient (Wildman–Crippen LogP) is 8.93. The van der Waals surface area contributed by atoms with E-state index in [0.29, 0.717) is 35.8 Å². The van der Waals surface area contributed by atoms with E-state index >= 15 is 0 Å². The fraction of sp³-hybridized carbons (Fsp3) is 0.161. The Kier molecular flexibility index (Phi) is 9.59. The molecule has 0 saturated heterocycles. The van der Waals surface area contributed by atoms with Crippen molar-refractivity contribution in [1.82, 2.24) is 0 Å². The second kappa shape index (κ2) is 12.9. The van der Waals surface area contributed by atoms with Crippen LogP contribution in [0.4, 0.5) is 37.7 Å². The van der Waals surface area contributed by atoms with E-state index in [1.165, 1.54) is 50.6 Å². The third-order valence-corrected chi connectivity index (χ3v) is 7.42. The Morgan fingerprint density at radius 3 is 1.18 bits per heavy atom. The molecular formula is C31H22Cl2F6N2O4. The highest BCUT2D eigenvalue weighted by Gasteiger charge is 2.72. The number of ether oxygens (including phenoxy) is 2. The largest absolute Gasteiger partial charge is 0.495 e. The number of alkyl halides is 6. The van der Waals surface area contributed by atoms with E-state index < -0.39 is 40.7 Å². The Morgan fingerprint density at radius 2 is 0.911 bits per heavy atom. The van der Waals surface area contributed by atoms with Gasteiger partial charge in [0, 0.05) is 22.5 Å². The molecule has 0 aliphatic rings. The topological polar surface area (TPSA) is 76.7 Å². The summed E-state index contributed by atoms with van der Waals surface area (Å²) in [4.78, 5) is 25.2. The summed E-state index contributed by atoms with van der Waals surface area (Å²) in [6.07, 6.45) is -11.7. The second-order valence-electron chi connectivity index (χ2n) is 9.51. The molecule has 14 heteroatoms. The van der Waals surface area contributed by atoms with Crippen molar-refractivity contribution in [3.63, 3.8) is 0 Å². The number of methoxy groups -OCH3 is 2. The van der Waals surface area contributed by atoms with Crippen LogP contribution in [0.25, 0.3) is 0 Å². The van der Waals surface area contributed by atoms with Gasteiger partial charge in [0.05, 0.1) is 24.3 Å². The van der Waals surface area contributed by atoms with Gasteiger partial charge in [0.15, 0.2) is 0 Å². The van der Waals surface area contributed by atoms with Gasteiger partial charge in [-0.1, -0.05) is 47.5 Å². The second-order valence-corrected chi connectivity index (χ2v) is 10.3. The van der Waals surface area contributed by atoms with Crippen LogP contribution in [0.3, 0.4) is 0 Å². The van der Waals surface area contributed by atoms with Gasteiger partial charge in [-0.2, -0.15) is 26.3 Å². The maximum atomic E-state index is 14.6. The number of nitrogens with one attached hydrogen (secondary N) is 2. The lowest BCUT2D eigenvalue weighted by atomic mass is 9.73. The minimum Gasteiger partial charge on any atom is -0.495 e. The Balaban J connectivity index is 1.64. The zero-order valence-electron chi connectivity index (χ0n) is 23.2. The van der Waals surface area contributed by atoms with E-state index in [0.717, 1.165) is 24.3 Å². The van der Waals surface area contributed by atoms with Crippen molar-refractivity contribution >= 4 is 46.4 Å². The first-order valence-electron chi connectivity index (χ1n) is 12.8. The Bertz CT molecular complexity index is 1580. The van der Waals surface area contributed by atoms with Crippen LogP contribution in [0.15, 0.2) is 84.9 Å². The molecule has 0 radical (unpaired) electrons. The van der Waals surface area contributed by atoms with Crippen LogP contribution in [-0.2, 0) is 5.41 Å². The van der Waals surface area contributed by atoms with Gasteiger partial charge in [0.2, 0.25) is 5.41 Å². The predicted molar refractivity (Wildman–Crippen MR) is 158 cm³/mol. The molecule has 2 amide bonds. The van der Waals surface area contributed by atoms with E-state index in [1.54, 1.807) is 0 Å². The minimum atomic E-state index is -5.85. The number of benzene rings is 4. The molecule has 0 aromatic heterocycles. The number of hydrogen-bond donors (Lipinski definition) is 2. The fourth-order valence-electron chi connectivity index (χ4n) is 4.61. The van der Waals surface area contributed by atoms with Crippen molar-refractivity contribution in [1.29, 1.82) is 0 Å². The number of carbonyl (C=O) groups excluding carboxylic acids is 2. The summed E-state index contributed by atoms with van der Waals surface area (Å²) in [7, 11) is 2.74. The van der Waals surface area contributed by atoms with Crippen molar-refractivity contribution in [2.45, 2.75) is 17.8 Å². The molecule has 0 atom stereocenters. The third-order valence-electron chi connectivity index (χ3n) is 6.83. The number of amides is 2. The lowest BCUT2D eigenvalue weighted by Crippen LogP contribution is -2.54. The number of anilines is 2. The van der Waals surface area contributed by atoms with Gasteiger partial charge in [0.1, 0.15) is 11.5 Å². The fourth-order valence-corrected chi connectivity index (χ4v) is 5.13. The van der Waals surface area contributed by atoms with Crippen molar-refractivity contribution in [2.75, 3.05) is 24.9 Å². The normalized spacial score (nSPS) is 12.0. The van der Waals surface area contributed by atoms with E-state index in [2.05, 4.69) is 10.6 Å². The summed E-state index contributed by atoms with van der Waals surface area (Å²) in [6.45, 7) is 0. The highest BCUT2D eigenvalue weighted by atomic mass is 35.5. The van der Waals surface area contributed by atoms with Gasteiger partial charge < -0.3 is 20.1 Å². The highest BCUT2D eigenvalue weighted by molar-refractivity contribution is 6.33. The average molecular weight is 671 g/mol. The third kappa shape index (κ3) is 6.66. The van der Waals surface area contributed by atoms with Crippen LogP contribution in [0, 0.1) is 0 Å². The number of halogens is 8. The smallest absolute Gasteiger partial charge is 0.411 e. The Labute approximate surface area is 262 Å². The summed E-state index contributed by atoms with van der Waals surface area (Å²) in [6, 6.07) is 14.5. The first-order chi connectivity index (χ1) is 21.1. The zero-order chi connectivity index (χ0) is 33.2. The molecule has 0 aliphatic heterocycles. The van der Waals surface area contributed by atoms with Crippen LogP contribution in [0.2, 0.25) is 10.0 Å². The molecule has 0 unspecified atom stereocenters. The van der Waals surface area contributed by atoms with Gasteiger partial charge in [-0.15, -0.1) is 0 Å². The van der Waals surface area contributed by atoms with E-state index in [4.69, 9.17) is 32.7 Å². The molecule has 6 nitrogen and oxygen atoms in total. The van der Waals surface area contributed by atoms with E-state index in [9.17, 15) is 35.9 Å². The monoisotopic (exact) mass is 670 g/mol. The first-order valence-corrected chi connectivity index (χ1v) is 13.5. The summed E-state index contributed by atoms with van der Waals surface area (Å²) >= 11 is 12.0. The number of carbonyl (C=O) groups is 2. The van der Waals surface area contributed by atoms with Gasteiger partial charge >= 0.3 is 12.4 Å². The molecule has 45 heavy (non-hydrogen) atoms. The highest BCUT2D eigenvalue weighted by Crippen LogP contribution is 2.56. The molecule has 4 aromatic rings. The summed E-state index contributed by atoms with van der Waals surface area (Å²) in [5.74, 6) is -0.823. The summed E-state index contributed by atoms with van der Waals surface area (Å²) in [5, 5.41) is 5.07. The average Bonchev–Trinajstić information content (AvgIpc) is 2.97. The van der Waals surface area contributed by atoms with Gasteiger partial charge in [-0.25, -0.2) is 0 Å². The molecule has 236 valence electrons. The summed E-state index contributed by atoms with van der Waals surface area (Å²) in [5.41, 5.74) is -6.70. The van der Waals surface area contributed by atoms with Crippen molar-refractivity contribution in [3.8, 4) is 11.5 Å². The first kappa shape index (κ1) is 33.5. The van der Waals surface area contributed by atoms with Crippen LogP contribution >= 0.6 is 23.2 Å². The van der Waals surface area contributed by atoms with Crippen molar-refractivity contribution < 1.29 is 45.4 Å². The molecule has 0 heterocycles. The van der Waals surface area contributed by atoms with E-state index in [1.807, 2.05) is 0 Å². The minimum absolute atomic E-state index is 0.0642.